The number of nitrogens with zero attached hydrogens (tertiary/aromatic N) is 2. The Morgan fingerprint density at radius 1 is 1.13 bits per heavy atom. The summed E-state index contributed by atoms with van der Waals surface area (Å²) in [4.78, 5) is 31.3. The number of hydrogen-bond acceptors (Lipinski definition) is 5. The predicted octanol–water partition coefficient (Wildman–Crippen LogP) is 0.423. The standard InChI is InChI=1S/C21H34N6O3/c22-21(23)24-11-4-5-18(20(30)25-15-16-6-8-17(28)9-7-16)26-19(29)10-14-27-12-2-1-3-13-27/h6-9,18,28H,1-5,10-15H2,(H,25,30)(H,26,29)(H4,22,23,24)/t18-/m1/s1. The number of piperidine rings is 1. The molecule has 9 heteroatoms. The largest absolute Gasteiger partial charge is 0.508 e. The van der Waals surface area contributed by atoms with Crippen LogP contribution in [0.5, 0.6) is 5.75 Å². The third-order valence-electron chi connectivity index (χ3n) is 5.10. The van der Waals surface area contributed by atoms with Crippen LogP contribution in [0.1, 0.15) is 44.1 Å². The fraction of sp³-hybridized carbons (Fsp3) is 0.571. The number of hydrogen-bond donors (Lipinski definition) is 5. The fourth-order valence-electron chi connectivity index (χ4n) is 3.41. The van der Waals surface area contributed by atoms with Crippen LogP contribution in [0.3, 0.4) is 0 Å². The van der Waals surface area contributed by atoms with Crippen molar-refractivity contribution in [2.75, 3.05) is 26.2 Å². The van der Waals surface area contributed by atoms with E-state index in [1.54, 1.807) is 24.3 Å². The van der Waals surface area contributed by atoms with Crippen LogP contribution in [0, 0.1) is 0 Å². The van der Waals surface area contributed by atoms with Gasteiger partial charge < -0.3 is 32.1 Å². The molecule has 0 aliphatic carbocycles. The Morgan fingerprint density at radius 2 is 1.83 bits per heavy atom. The van der Waals surface area contributed by atoms with Crippen LogP contribution in [0.15, 0.2) is 29.3 Å². The summed E-state index contributed by atoms with van der Waals surface area (Å²) in [5.74, 6) is -0.205. The lowest BCUT2D eigenvalue weighted by Gasteiger charge is -2.26. The first-order chi connectivity index (χ1) is 14.4. The van der Waals surface area contributed by atoms with Crippen molar-refractivity contribution >= 4 is 17.8 Å². The van der Waals surface area contributed by atoms with Crippen LogP contribution in [0.25, 0.3) is 0 Å². The highest BCUT2D eigenvalue weighted by Crippen LogP contribution is 2.10. The number of phenolic OH excluding ortho intramolecular Hbond substituents is 1. The number of likely N-dealkylation sites (tertiary alicyclic amines) is 1. The van der Waals surface area contributed by atoms with E-state index >= 15 is 0 Å². The summed E-state index contributed by atoms with van der Waals surface area (Å²) in [6.45, 7) is 3.48. The van der Waals surface area contributed by atoms with Gasteiger partial charge in [-0.1, -0.05) is 18.6 Å². The lowest BCUT2D eigenvalue weighted by atomic mass is 10.1. The second-order valence-electron chi connectivity index (χ2n) is 7.61. The van der Waals surface area contributed by atoms with Gasteiger partial charge in [0.1, 0.15) is 11.8 Å². The summed E-state index contributed by atoms with van der Waals surface area (Å²) >= 11 is 0. The molecule has 9 nitrogen and oxygen atoms in total. The summed E-state index contributed by atoms with van der Waals surface area (Å²) < 4.78 is 0. The van der Waals surface area contributed by atoms with E-state index < -0.39 is 6.04 Å². The van der Waals surface area contributed by atoms with Gasteiger partial charge >= 0.3 is 0 Å². The average molecular weight is 419 g/mol. The SMILES string of the molecule is NC(N)=NCCC[C@@H](NC(=O)CCN1CCCCC1)C(=O)NCc1ccc(O)cc1. The van der Waals surface area contributed by atoms with Crippen molar-refractivity contribution in [3.05, 3.63) is 29.8 Å². The summed E-state index contributed by atoms with van der Waals surface area (Å²) in [5, 5.41) is 15.1. The molecule has 2 rings (SSSR count). The number of guanidine groups is 1. The maximum absolute atomic E-state index is 12.7. The lowest BCUT2D eigenvalue weighted by molar-refractivity contribution is -0.129. The maximum Gasteiger partial charge on any atom is 0.242 e. The molecule has 0 bridgehead atoms. The Bertz CT molecular complexity index is 697. The van der Waals surface area contributed by atoms with E-state index in [9.17, 15) is 14.7 Å². The van der Waals surface area contributed by atoms with Gasteiger partial charge in [0, 0.05) is 26.1 Å². The predicted molar refractivity (Wildman–Crippen MR) is 117 cm³/mol. The number of benzene rings is 1. The van der Waals surface area contributed by atoms with Crippen LogP contribution in [0.4, 0.5) is 0 Å². The zero-order chi connectivity index (χ0) is 21.8. The van der Waals surface area contributed by atoms with Gasteiger partial charge in [-0.15, -0.1) is 0 Å². The Labute approximate surface area is 177 Å². The molecule has 30 heavy (non-hydrogen) atoms. The van der Waals surface area contributed by atoms with Crippen molar-refractivity contribution in [3.8, 4) is 5.75 Å². The molecule has 1 aliphatic heterocycles. The number of rotatable bonds is 11. The number of aliphatic imine (C=N–C) groups is 1. The fourth-order valence-corrected chi connectivity index (χ4v) is 3.41. The van der Waals surface area contributed by atoms with Crippen LogP contribution in [0.2, 0.25) is 0 Å². The first-order valence-corrected chi connectivity index (χ1v) is 10.6. The minimum Gasteiger partial charge on any atom is -0.508 e. The number of nitrogens with two attached hydrogens (primary N) is 2. The van der Waals surface area contributed by atoms with Crippen molar-refractivity contribution in [1.82, 2.24) is 15.5 Å². The van der Waals surface area contributed by atoms with Gasteiger partial charge in [-0.3, -0.25) is 14.6 Å². The van der Waals surface area contributed by atoms with Gasteiger partial charge in [0.25, 0.3) is 0 Å². The highest BCUT2D eigenvalue weighted by Gasteiger charge is 2.21. The molecule has 0 saturated carbocycles. The van der Waals surface area contributed by atoms with E-state index in [1.165, 1.54) is 19.3 Å². The molecule has 0 spiro atoms. The van der Waals surface area contributed by atoms with Crippen molar-refractivity contribution in [2.24, 2.45) is 16.5 Å². The second-order valence-corrected chi connectivity index (χ2v) is 7.61. The van der Waals surface area contributed by atoms with Crippen LogP contribution < -0.4 is 22.1 Å². The van der Waals surface area contributed by atoms with E-state index in [4.69, 9.17) is 11.5 Å². The monoisotopic (exact) mass is 418 g/mol. The van der Waals surface area contributed by atoms with E-state index in [2.05, 4.69) is 20.5 Å². The minimum absolute atomic E-state index is 0.00824. The molecule has 1 heterocycles. The molecular weight excluding hydrogens is 384 g/mol. The number of nitrogens with one attached hydrogen (secondary N) is 2. The van der Waals surface area contributed by atoms with Gasteiger partial charge in [-0.05, 0) is 56.5 Å². The van der Waals surface area contributed by atoms with E-state index in [0.717, 1.165) is 18.7 Å². The highest BCUT2D eigenvalue weighted by molar-refractivity contribution is 5.87. The molecule has 1 atom stereocenters. The molecule has 7 N–H and O–H groups in total. The van der Waals surface area contributed by atoms with Gasteiger partial charge in [0.2, 0.25) is 11.8 Å². The Balaban J connectivity index is 1.85. The van der Waals surface area contributed by atoms with Gasteiger partial charge in [0.05, 0.1) is 0 Å². The molecular formula is C21H34N6O3. The molecule has 1 saturated heterocycles. The molecule has 2 amide bonds. The summed E-state index contributed by atoms with van der Waals surface area (Å²) in [6.07, 6.45) is 4.98. The second kappa shape index (κ2) is 12.7. The Hall–Kier alpha value is -2.81. The van der Waals surface area contributed by atoms with Gasteiger partial charge in [0.15, 0.2) is 5.96 Å². The smallest absolute Gasteiger partial charge is 0.242 e. The number of phenols is 1. The van der Waals surface area contributed by atoms with Crippen molar-refractivity contribution in [3.63, 3.8) is 0 Å². The highest BCUT2D eigenvalue weighted by atomic mass is 16.3. The zero-order valence-corrected chi connectivity index (χ0v) is 17.5. The lowest BCUT2D eigenvalue weighted by Crippen LogP contribution is -2.47. The van der Waals surface area contributed by atoms with Gasteiger partial charge in [-0.2, -0.15) is 0 Å². The van der Waals surface area contributed by atoms with Crippen molar-refractivity contribution in [1.29, 1.82) is 0 Å². The summed E-state index contributed by atoms with van der Waals surface area (Å²) in [6, 6.07) is 5.96. The molecule has 0 unspecified atom stereocenters. The molecule has 166 valence electrons. The third-order valence-corrected chi connectivity index (χ3v) is 5.10. The molecule has 1 aromatic carbocycles. The van der Waals surface area contributed by atoms with Gasteiger partial charge in [-0.25, -0.2) is 0 Å². The Morgan fingerprint density at radius 3 is 2.50 bits per heavy atom. The zero-order valence-electron chi connectivity index (χ0n) is 17.5. The van der Waals surface area contributed by atoms with Crippen molar-refractivity contribution in [2.45, 2.75) is 51.1 Å². The summed E-state index contributed by atoms with van der Waals surface area (Å²) in [5.41, 5.74) is 11.5. The maximum atomic E-state index is 12.7. The number of carbonyl (C=O) groups is 2. The number of amides is 2. The topological polar surface area (TPSA) is 146 Å². The minimum atomic E-state index is -0.648. The van der Waals surface area contributed by atoms with Crippen LogP contribution in [-0.2, 0) is 16.1 Å². The molecule has 0 radical (unpaired) electrons. The van der Waals surface area contributed by atoms with Crippen LogP contribution >= 0.6 is 0 Å². The normalized spacial score (nSPS) is 15.2. The first-order valence-electron chi connectivity index (χ1n) is 10.6. The first kappa shape index (κ1) is 23.5. The average Bonchev–Trinajstić information content (AvgIpc) is 2.74. The summed E-state index contributed by atoms with van der Waals surface area (Å²) in [7, 11) is 0. The van der Waals surface area contributed by atoms with Crippen LogP contribution in [-0.4, -0.2) is 60.0 Å². The number of aromatic hydroxyl groups is 1. The quantitative estimate of drug-likeness (QED) is 0.200. The molecule has 1 aliphatic rings. The van der Waals surface area contributed by atoms with E-state index in [1.807, 2.05) is 0 Å². The van der Waals surface area contributed by atoms with E-state index in [-0.39, 0.29) is 23.5 Å². The number of carbonyl (C=O) groups excluding carboxylic acids is 2. The Kier molecular flexibility index (Phi) is 9.93. The molecule has 1 aromatic rings. The van der Waals surface area contributed by atoms with Crippen molar-refractivity contribution < 1.29 is 14.7 Å². The third kappa shape index (κ3) is 9.13. The molecule has 1 fully saturated rings. The van der Waals surface area contributed by atoms with E-state index in [0.29, 0.717) is 38.9 Å². The molecule has 0 aromatic heterocycles.